The van der Waals surface area contributed by atoms with Crippen molar-refractivity contribution in [1.29, 1.82) is 0 Å². The first kappa shape index (κ1) is 21.1. The van der Waals surface area contributed by atoms with Crippen molar-refractivity contribution in [3.63, 3.8) is 0 Å². The van der Waals surface area contributed by atoms with Crippen LogP contribution in [0, 0.1) is 16.7 Å². The van der Waals surface area contributed by atoms with Crippen molar-refractivity contribution in [2.45, 2.75) is 97.6 Å². The van der Waals surface area contributed by atoms with Gasteiger partial charge in [-0.15, -0.1) is 0 Å². The highest BCUT2D eigenvalue weighted by Crippen LogP contribution is 2.47. The highest BCUT2D eigenvalue weighted by molar-refractivity contribution is 5.75. The molecule has 1 N–H and O–H groups in total. The first-order valence-corrected chi connectivity index (χ1v) is 11.3. The van der Waals surface area contributed by atoms with E-state index in [-0.39, 0.29) is 12.0 Å². The fourth-order valence-electron chi connectivity index (χ4n) is 6.11. The molecule has 1 saturated carbocycles. The van der Waals surface area contributed by atoms with Crippen LogP contribution in [-0.2, 0) is 9.53 Å². The van der Waals surface area contributed by atoms with E-state index in [0.29, 0.717) is 23.8 Å². The maximum Gasteiger partial charge on any atom is 0.220 e. The molecule has 27 heavy (non-hydrogen) atoms. The quantitative estimate of drug-likeness (QED) is 0.746. The third-order valence-electron chi connectivity index (χ3n) is 7.03. The largest absolute Gasteiger partial charge is 0.376 e. The van der Waals surface area contributed by atoms with Gasteiger partial charge >= 0.3 is 0 Å². The second-order valence-corrected chi connectivity index (χ2v) is 11.0. The van der Waals surface area contributed by atoms with Crippen LogP contribution in [0.5, 0.6) is 0 Å². The molecule has 3 rings (SSSR count). The predicted molar refractivity (Wildman–Crippen MR) is 111 cm³/mol. The third kappa shape index (κ3) is 6.45. The van der Waals surface area contributed by atoms with Crippen LogP contribution >= 0.6 is 0 Å². The first-order valence-electron chi connectivity index (χ1n) is 11.3. The molecule has 2 aliphatic heterocycles. The lowest BCUT2D eigenvalue weighted by Gasteiger charge is -2.50. The Morgan fingerprint density at radius 3 is 2.33 bits per heavy atom. The van der Waals surface area contributed by atoms with E-state index in [1.54, 1.807) is 0 Å². The van der Waals surface area contributed by atoms with Gasteiger partial charge in [-0.25, -0.2) is 0 Å². The summed E-state index contributed by atoms with van der Waals surface area (Å²) in [4.78, 5) is 14.9. The van der Waals surface area contributed by atoms with Crippen molar-refractivity contribution in [3.8, 4) is 0 Å². The SMILES string of the molecule is CC1(C)CC(N2CCC(CCC(=O)NCC3CCCO3)CC2)CC(C)(C)C1. The number of carbonyl (C=O) groups is 1. The number of nitrogens with zero attached hydrogens (tertiary/aromatic N) is 1. The smallest absolute Gasteiger partial charge is 0.220 e. The summed E-state index contributed by atoms with van der Waals surface area (Å²) in [6.45, 7) is 13.8. The van der Waals surface area contributed by atoms with Gasteiger partial charge in [-0.2, -0.15) is 0 Å². The molecule has 2 heterocycles. The van der Waals surface area contributed by atoms with Crippen molar-refractivity contribution in [3.05, 3.63) is 0 Å². The highest BCUT2D eigenvalue weighted by atomic mass is 16.5. The molecule has 0 aromatic heterocycles. The number of amides is 1. The van der Waals surface area contributed by atoms with Crippen LogP contribution in [-0.4, -0.2) is 49.2 Å². The molecule has 1 amide bonds. The van der Waals surface area contributed by atoms with E-state index in [1.807, 2.05) is 0 Å². The van der Waals surface area contributed by atoms with E-state index in [0.717, 1.165) is 37.8 Å². The number of ether oxygens (including phenoxy) is 1. The Morgan fingerprint density at radius 2 is 1.74 bits per heavy atom. The average molecular weight is 379 g/mol. The van der Waals surface area contributed by atoms with Gasteiger partial charge in [-0.05, 0) is 81.2 Å². The Hall–Kier alpha value is -0.610. The van der Waals surface area contributed by atoms with Gasteiger partial charge in [0.15, 0.2) is 0 Å². The fourth-order valence-corrected chi connectivity index (χ4v) is 6.11. The van der Waals surface area contributed by atoms with Crippen molar-refractivity contribution in [1.82, 2.24) is 10.2 Å². The summed E-state index contributed by atoms with van der Waals surface area (Å²) in [5.41, 5.74) is 0.925. The summed E-state index contributed by atoms with van der Waals surface area (Å²) in [5, 5.41) is 3.07. The summed E-state index contributed by atoms with van der Waals surface area (Å²) in [5.74, 6) is 0.933. The summed E-state index contributed by atoms with van der Waals surface area (Å²) in [6, 6.07) is 0.749. The monoisotopic (exact) mass is 378 g/mol. The maximum atomic E-state index is 12.1. The molecule has 2 saturated heterocycles. The third-order valence-corrected chi connectivity index (χ3v) is 7.03. The highest BCUT2D eigenvalue weighted by Gasteiger charge is 2.41. The van der Waals surface area contributed by atoms with Gasteiger partial charge in [0.2, 0.25) is 5.91 Å². The Balaban J connectivity index is 1.35. The molecule has 156 valence electrons. The van der Waals surface area contributed by atoms with E-state index < -0.39 is 0 Å². The van der Waals surface area contributed by atoms with Gasteiger partial charge in [-0.1, -0.05) is 27.7 Å². The molecule has 3 fully saturated rings. The molecule has 4 nitrogen and oxygen atoms in total. The zero-order valence-electron chi connectivity index (χ0n) is 18.2. The minimum atomic E-state index is 0.212. The normalized spacial score (nSPS) is 29.7. The van der Waals surface area contributed by atoms with Gasteiger partial charge in [0.1, 0.15) is 0 Å². The van der Waals surface area contributed by atoms with Gasteiger partial charge in [0, 0.05) is 25.6 Å². The number of rotatable bonds is 6. The summed E-state index contributed by atoms with van der Waals surface area (Å²) in [7, 11) is 0. The minimum Gasteiger partial charge on any atom is -0.376 e. The molecule has 0 bridgehead atoms. The summed E-state index contributed by atoms with van der Waals surface area (Å²) < 4.78 is 5.58. The second-order valence-electron chi connectivity index (χ2n) is 11.0. The van der Waals surface area contributed by atoms with E-state index in [9.17, 15) is 4.79 Å². The molecule has 0 aromatic rings. The van der Waals surface area contributed by atoms with Crippen LogP contribution in [0.25, 0.3) is 0 Å². The van der Waals surface area contributed by atoms with Crippen LogP contribution in [0.4, 0.5) is 0 Å². The number of nitrogens with one attached hydrogen (secondary N) is 1. The van der Waals surface area contributed by atoms with Gasteiger partial charge in [-0.3, -0.25) is 4.79 Å². The van der Waals surface area contributed by atoms with Crippen molar-refractivity contribution >= 4 is 5.91 Å². The number of likely N-dealkylation sites (tertiary alicyclic amines) is 1. The zero-order valence-corrected chi connectivity index (χ0v) is 18.2. The summed E-state index contributed by atoms with van der Waals surface area (Å²) >= 11 is 0. The first-order chi connectivity index (χ1) is 12.7. The van der Waals surface area contributed by atoms with E-state index >= 15 is 0 Å². The molecule has 1 aliphatic carbocycles. The van der Waals surface area contributed by atoms with Crippen LogP contribution in [0.2, 0.25) is 0 Å². The molecule has 1 atom stereocenters. The molecule has 1 unspecified atom stereocenters. The van der Waals surface area contributed by atoms with Crippen molar-refractivity contribution in [2.75, 3.05) is 26.2 Å². The van der Waals surface area contributed by atoms with Gasteiger partial charge in [0.05, 0.1) is 6.10 Å². The van der Waals surface area contributed by atoms with Crippen molar-refractivity contribution in [2.24, 2.45) is 16.7 Å². The molecular formula is C23H42N2O2. The van der Waals surface area contributed by atoms with Crippen LogP contribution in [0.1, 0.15) is 85.5 Å². The fraction of sp³-hybridized carbons (Fsp3) is 0.957. The number of hydrogen-bond donors (Lipinski definition) is 1. The lowest BCUT2D eigenvalue weighted by atomic mass is 9.63. The van der Waals surface area contributed by atoms with Gasteiger partial charge in [0.25, 0.3) is 0 Å². The molecule has 3 aliphatic rings. The van der Waals surface area contributed by atoms with Crippen LogP contribution < -0.4 is 5.32 Å². The minimum absolute atomic E-state index is 0.212. The van der Waals surface area contributed by atoms with Gasteiger partial charge < -0.3 is 15.0 Å². The topological polar surface area (TPSA) is 41.6 Å². The van der Waals surface area contributed by atoms with Crippen LogP contribution in [0.3, 0.4) is 0 Å². The Bertz CT molecular complexity index is 473. The molecule has 0 radical (unpaired) electrons. The second kappa shape index (κ2) is 8.82. The van der Waals surface area contributed by atoms with Crippen molar-refractivity contribution < 1.29 is 9.53 Å². The molecule has 4 heteroatoms. The molecule has 0 spiro atoms. The van der Waals surface area contributed by atoms with E-state index in [1.165, 1.54) is 45.2 Å². The molecule has 0 aromatic carbocycles. The lowest BCUT2D eigenvalue weighted by molar-refractivity contribution is -0.122. The number of hydrogen-bond acceptors (Lipinski definition) is 3. The standard InChI is InChI=1S/C23H42N2O2/c1-22(2)14-19(15-23(3,4)17-22)25-11-9-18(10-12-25)7-8-21(26)24-16-20-6-5-13-27-20/h18-20H,5-17H2,1-4H3,(H,24,26). The Labute approximate surface area is 166 Å². The van der Waals surface area contributed by atoms with E-state index in [2.05, 4.69) is 37.9 Å². The number of carbonyl (C=O) groups excluding carboxylic acids is 1. The van der Waals surface area contributed by atoms with E-state index in [4.69, 9.17) is 4.74 Å². The van der Waals surface area contributed by atoms with Crippen LogP contribution in [0.15, 0.2) is 0 Å². The lowest BCUT2D eigenvalue weighted by Crippen LogP contribution is -2.49. The maximum absolute atomic E-state index is 12.1. The summed E-state index contributed by atoms with van der Waals surface area (Å²) in [6.07, 6.45) is 10.7. The predicted octanol–water partition coefficient (Wildman–Crippen LogP) is 4.38. The zero-order chi connectivity index (χ0) is 19.5. The number of piperidine rings is 1. The Morgan fingerprint density at radius 1 is 1.07 bits per heavy atom. The average Bonchev–Trinajstić information content (AvgIpc) is 3.09. The Kier molecular flexibility index (Phi) is 6.89. The molecular weight excluding hydrogens is 336 g/mol.